The van der Waals surface area contributed by atoms with Crippen molar-refractivity contribution in [3.8, 4) is 5.69 Å². The molecule has 1 heterocycles. The van der Waals surface area contributed by atoms with Crippen molar-refractivity contribution in [3.63, 3.8) is 0 Å². The summed E-state index contributed by atoms with van der Waals surface area (Å²) in [6.07, 6.45) is 1.51. The molecule has 0 aliphatic heterocycles. The first-order valence-electron chi connectivity index (χ1n) is 3.80. The summed E-state index contributed by atoms with van der Waals surface area (Å²) in [5.41, 5.74) is 6.33. The second-order valence-corrected chi connectivity index (χ2v) is 4.42. The topological polar surface area (TPSA) is 56.7 Å². The fourth-order valence-corrected chi connectivity index (χ4v) is 2.24. The summed E-state index contributed by atoms with van der Waals surface area (Å²) in [6, 6.07) is 5.74. The van der Waals surface area contributed by atoms with E-state index in [1.54, 1.807) is 0 Å². The molecule has 1 aromatic carbocycles. The minimum atomic E-state index is 0.403. The number of benzene rings is 1. The van der Waals surface area contributed by atoms with Crippen LogP contribution in [0.25, 0.3) is 5.69 Å². The monoisotopic (exact) mass is 316 g/mol. The molecule has 6 heteroatoms. The van der Waals surface area contributed by atoms with E-state index < -0.39 is 0 Å². The Balaban J connectivity index is 2.52. The Hall–Kier alpha value is -0.880. The maximum atomic E-state index is 5.48. The lowest BCUT2D eigenvalue weighted by atomic mass is 10.3. The van der Waals surface area contributed by atoms with E-state index in [-0.39, 0.29) is 0 Å². The van der Waals surface area contributed by atoms with Gasteiger partial charge in [0.1, 0.15) is 0 Å². The molecule has 0 aliphatic rings. The van der Waals surface area contributed by atoms with Gasteiger partial charge in [0.2, 0.25) is 0 Å². The number of anilines is 1. The lowest BCUT2D eigenvalue weighted by Crippen LogP contribution is -2.00. The standard InChI is InChI=1S/C8H6Br2N4/c9-5-1-2-7(6(10)3-5)14-12-4-8(11)13-14/h1-4H,(H2,11,13). The smallest absolute Gasteiger partial charge is 0.166 e. The second kappa shape index (κ2) is 3.70. The first-order valence-corrected chi connectivity index (χ1v) is 5.38. The van der Waals surface area contributed by atoms with Gasteiger partial charge in [0.05, 0.1) is 11.9 Å². The summed E-state index contributed by atoms with van der Waals surface area (Å²) in [5.74, 6) is 0.403. The van der Waals surface area contributed by atoms with Gasteiger partial charge in [-0.3, -0.25) is 0 Å². The molecule has 0 amide bonds. The predicted octanol–water partition coefficient (Wildman–Crippen LogP) is 2.37. The quantitative estimate of drug-likeness (QED) is 0.878. The van der Waals surface area contributed by atoms with Crippen LogP contribution in [0, 0.1) is 0 Å². The maximum Gasteiger partial charge on any atom is 0.166 e. The van der Waals surface area contributed by atoms with Crippen molar-refractivity contribution in [1.29, 1.82) is 0 Å². The Bertz CT molecular complexity index is 466. The van der Waals surface area contributed by atoms with Crippen molar-refractivity contribution in [2.45, 2.75) is 0 Å². The molecule has 14 heavy (non-hydrogen) atoms. The van der Waals surface area contributed by atoms with Gasteiger partial charge in [-0.1, -0.05) is 15.9 Å². The van der Waals surface area contributed by atoms with Gasteiger partial charge in [-0.2, -0.15) is 5.10 Å². The maximum absolute atomic E-state index is 5.48. The molecular formula is C8H6Br2N4. The SMILES string of the molecule is Nc1cnn(-c2ccc(Br)cc2Br)n1. The number of rotatable bonds is 1. The molecule has 0 atom stereocenters. The van der Waals surface area contributed by atoms with Crippen LogP contribution >= 0.6 is 31.9 Å². The molecule has 2 N–H and O–H groups in total. The number of nitrogen functional groups attached to an aromatic ring is 1. The van der Waals surface area contributed by atoms with E-state index in [0.717, 1.165) is 14.6 Å². The van der Waals surface area contributed by atoms with Crippen LogP contribution in [-0.2, 0) is 0 Å². The number of hydrogen-bond acceptors (Lipinski definition) is 3. The summed E-state index contributed by atoms with van der Waals surface area (Å²) in [5, 5.41) is 8.02. The van der Waals surface area contributed by atoms with Crippen molar-refractivity contribution in [2.75, 3.05) is 5.73 Å². The zero-order valence-electron chi connectivity index (χ0n) is 6.98. The van der Waals surface area contributed by atoms with E-state index in [1.807, 2.05) is 18.2 Å². The number of nitrogens with two attached hydrogens (primary N) is 1. The molecule has 0 fully saturated rings. The van der Waals surface area contributed by atoms with Gasteiger partial charge in [-0.15, -0.1) is 9.90 Å². The van der Waals surface area contributed by atoms with Crippen LogP contribution in [0.1, 0.15) is 0 Å². The normalized spacial score (nSPS) is 10.4. The lowest BCUT2D eigenvalue weighted by Gasteiger charge is -2.02. The molecule has 0 aliphatic carbocycles. The third kappa shape index (κ3) is 1.80. The highest BCUT2D eigenvalue weighted by atomic mass is 79.9. The fraction of sp³-hybridized carbons (Fsp3) is 0. The molecule has 0 unspecified atom stereocenters. The summed E-state index contributed by atoms with van der Waals surface area (Å²) in [7, 11) is 0. The molecule has 2 aromatic rings. The number of halogens is 2. The molecule has 0 radical (unpaired) electrons. The molecule has 0 bridgehead atoms. The molecule has 4 nitrogen and oxygen atoms in total. The zero-order chi connectivity index (χ0) is 10.1. The molecule has 0 spiro atoms. The fourth-order valence-electron chi connectivity index (χ4n) is 1.03. The van der Waals surface area contributed by atoms with Crippen molar-refractivity contribution in [1.82, 2.24) is 15.0 Å². The second-order valence-electron chi connectivity index (χ2n) is 2.65. The third-order valence-corrected chi connectivity index (χ3v) is 2.76. The first kappa shape index (κ1) is 9.67. The minimum absolute atomic E-state index is 0.403. The van der Waals surface area contributed by atoms with Crippen LogP contribution in [-0.4, -0.2) is 15.0 Å². The average Bonchev–Trinajstić information content (AvgIpc) is 2.51. The van der Waals surface area contributed by atoms with Crippen LogP contribution in [0.15, 0.2) is 33.3 Å². The summed E-state index contributed by atoms with van der Waals surface area (Å²) < 4.78 is 1.90. The highest BCUT2D eigenvalue weighted by Gasteiger charge is 2.05. The van der Waals surface area contributed by atoms with Crippen LogP contribution in [0.3, 0.4) is 0 Å². The van der Waals surface area contributed by atoms with E-state index in [9.17, 15) is 0 Å². The summed E-state index contributed by atoms with van der Waals surface area (Å²) in [4.78, 5) is 1.48. The average molecular weight is 318 g/mol. The molecule has 72 valence electrons. The zero-order valence-corrected chi connectivity index (χ0v) is 10.2. The van der Waals surface area contributed by atoms with E-state index in [2.05, 4.69) is 42.1 Å². The van der Waals surface area contributed by atoms with E-state index in [4.69, 9.17) is 5.73 Å². The molecule has 2 rings (SSSR count). The lowest BCUT2D eigenvalue weighted by molar-refractivity contribution is 0.751. The van der Waals surface area contributed by atoms with E-state index >= 15 is 0 Å². The van der Waals surface area contributed by atoms with Crippen molar-refractivity contribution < 1.29 is 0 Å². The Morgan fingerprint density at radius 2 is 2.07 bits per heavy atom. The van der Waals surface area contributed by atoms with Crippen LogP contribution < -0.4 is 5.73 Å². The molecular weight excluding hydrogens is 312 g/mol. The molecule has 0 saturated heterocycles. The van der Waals surface area contributed by atoms with E-state index in [1.165, 1.54) is 11.0 Å². The van der Waals surface area contributed by atoms with Gasteiger partial charge in [0.25, 0.3) is 0 Å². The third-order valence-electron chi connectivity index (χ3n) is 1.63. The van der Waals surface area contributed by atoms with Crippen LogP contribution in [0.4, 0.5) is 5.82 Å². The number of hydrogen-bond donors (Lipinski definition) is 1. The summed E-state index contributed by atoms with van der Waals surface area (Å²) >= 11 is 6.79. The number of nitrogens with zero attached hydrogens (tertiary/aromatic N) is 3. The first-order chi connectivity index (χ1) is 6.66. The Morgan fingerprint density at radius 1 is 1.29 bits per heavy atom. The van der Waals surface area contributed by atoms with Crippen molar-refractivity contribution >= 4 is 37.7 Å². The highest BCUT2D eigenvalue weighted by Crippen LogP contribution is 2.24. The van der Waals surface area contributed by atoms with Gasteiger partial charge in [0.15, 0.2) is 5.82 Å². The predicted molar refractivity (Wildman–Crippen MR) is 61.2 cm³/mol. The van der Waals surface area contributed by atoms with Crippen LogP contribution in [0.2, 0.25) is 0 Å². The molecule has 1 aromatic heterocycles. The number of aromatic nitrogens is 3. The summed E-state index contributed by atoms with van der Waals surface area (Å²) in [6.45, 7) is 0. The van der Waals surface area contributed by atoms with Crippen molar-refractivity contribution in [3.05, 3.63) is 33.3 Å². The van der Waals surface area contributed by atoms with Crippen LogP contribution in [0.5, 0.6) is 0 Å². The van der Waals surface area contributed by atoms with Gasteiger partial charge >= 0.3 is 0 Å². The highest BCUT2D eigenvalue weighted by molar-refractivity contribution is 9.11. The van der Waals surface area contributed by atoms with Gasteiger partial charge in [-0.05, 0) is 34.1 Å². The Kier molecular flexibility index (Phi) is 2.56. The van der Waals surface area contributed by atoms with Gasteiger partial charge in [-0.25, -0.2) is 0 Å². The Morgan fingerprint density at radius 3 is 2.64 bits per heavy atom. The van der Waals surface area contributed by atoms with Gasteiger partial charge < -0.3 is 5.73 Å². The van der Waals surface area contributed by atoms with Gasteiger partial charge in [0, 0.05) is 8.95 Å². The minimum Gasteiger partial charge on any atom is -0.381 e. The van der Waals surface area contributed by atoms with Crippen molar-refractivity contribution in [2.24, 2.45) is 0 Å². The Labute approximate surface area is 97.4 Å². The molecule has 0 saturated carbocycles. The van der Waals surface area contributed by atoms with E-state index in [0.29, 0.717) is 5.82 Å². The largest absolute Gasteiger partial charge is 0.381 e.